The van der Waals surface area contributed by atoms with Gasteiger partial charge < -0.3 is 10.1 Å². The van der Waals surface area contributed by atoms with Crippen LogP contribution >= 0.6 is 15.9 Å². The monoisotopic (exact) mass is 256 g/mol. The first kappa shape index (κ1) is 10.8. The molecule has 0 saturated carbocycles. The van der Waals surface area contributed by atoms with E-state index >= 15 is 0 Å². The van der Waals surface area contributed by atoms with E-state index in [1.165, 1.54) is 12.3 Å². The van der Waals surface area contributed by atoms with E-state index in [1.807, 2.05) is 12.2 Å². The minimum Gasteiger partial charge on any atom is -0.358 e. The van der Waals surface area contributed by atoms with E-state index in [2.05, 4.69) is 20.9 Å². The quantitative estimate of drug-likeness (QED) is 0.473. The number of alkyl halides is 1. The molecular weight excluding hydrogens is 248 g/mol. The van der Waals surface area contributed by atoms with Crippen molar-refractivity contribution in [2.75, 3.05) is 5.33 Å². The second-order valence-corrected chi connectivity index (χ2v) is 3.38. The molecule has 1 aromatic heterocycles. The highest BCUT2D eigenvalue weighted by atomic mass is 79.9. The number of hydrogen-bond acceptors (Lipinski definition) is 3. The van der Waals surface area contributed by atoms with Crippen LogP contribution in [0.2, 0.25) is 0 Å². The Morgan fingerprint density at radius 1 is 1.57 bits per heavy atom. The standard InChI is InChI=1S/C9H9BrN2O2/c10-6-2-1-3-8-4-5-9(11-7-8)12(13)14/h1,3-5,7H,2,6H2. The third-order valence-corrected chi connectivity index (χ3v) is 2.00. The molecule has 0 aliphatic heterocycles. The summed E-state index contributed by atoms with van der Waals surface area (Å²) in [7, 11) is 0. The molecule has 1 aromatic rings. The highest BCUT2D eigenvalue weighted by Gasteiger charge is 2.03. The van der Waals surface area contributed by atoms with Gasteiger partial charge in [-0.15, -0.1) is 0 Å². The predicted molar refractivity (Wildman–Crippen MR) is 58.3 cm³/mol. The molecule has 0 amide bonds. The Morgan fingerprint density at radius 3 is 2.86 bits per heavy atom. The van der Waals surface area contributed by atoms with E-state index in [1.54, 1.807) is 6.07 Å². The van der Waals surface area contributed by atoms with E-state index in [-0.39, 0.29) is 5.82 Å². The molecule has 0 radical (unpaired) electrons. The summed E-state index contributed by atoms with van der Waals surface area (Å²) in [4.78, 5) is 13.5. The van der Waals surface area contributed by atoms with Gasteiger partial charge in [0.25, 0.3) is 0 Å². The predicted octanol–water partition coefficient (Wildman–Crippen LogP) is 2.79. The van der Waals surface area contributed by atoms with Crippen LogP contribution in [-0.4, -0.2) is 15.2 Å². The summed E-state index contributed by atoms with van der Waals surface area (Å²) in [6, 6.07) is 3.07. The number of halogens is 1. The van der Waals surface area contributed by atoms with Gasteiger partial charge in [-0.3, -0.25) is 0 Å². The molecule has 0 spiro atoms. The SMILES string of the molecule is O=[N+]([O-])c1ccc(C=CCCBr)cn1. The van der Waals surface area contributed by atoms with Crippen LogP contribution in [0.15, 0.2) is 24.4 Å². The molecule has 0 aromatic carbocycles. The fourth-order valence-corrected chi connectivity index (χ4v) is 1.15. The fraction of sp³-hybridized carbons (Fsp3) is 0.222. The molecule has 74 valence electrons. The van der Waals surface area contributed by atoms with Crippen molar-refractivity contribution >= 4 is 27.8 Å². The number of nitrogens with zero attached hydrogens (tertiary/aromatic N) is 2. The molecule has 0 aliphatic carbocycles. The molecule has 1 heterocycles. The number of allylic oxidation sites excluding steroid dienone is 1. The van der Waals surface area contributed by atoms with Crippen LogP contribution < -0.4 is 0 Å². The summed E-state index contributed by atoms with van der Waals surface area (Å²) in [5, 5.41) is 11.2. The Kier molecular flexibility index (Phi) is 4.25. The lowest BCUT2D eigenvalue weighted by Crippen LogP contribution is -1.90. The van der Waals surface area contributed by atoms with Crippen LogP contribution in [0.4, 0.5) is 5.82 Å². The molecule has 4 nitrogen and oxygen atoms in total. The first-order valence-corrected chi connectivity index (χ1v) is 5.19. The minimum atomic E-state index is -0.508. The Balaban J connectivity index is 2.68. The third-order valence-electron chi connectivity index (χ3n) is 1.54. The number of rotatable bonds is 4. The van der Waals surface area contributed by atoms with Gasteiger partial charge in [0.15, 0.2) is 0 Å². The lowest BCUT2D eigenvalue weighted by Gasteiger charge is -1.91. The van der Waals surface area contributed by atoms with E-state index in [9.17, 15) is 10.1 Å². The maximum Gasteiger partial charge on any atom is 0.363 e. The van der Waals surface area contributed by atoms with Gasteiger partial charge in [0, 0.05) is 17.0 Å². The Morgan fingerprint density at radius 2 is 2.36 bits per heavy atom. The molecule has 0 saturated heterocycles. The summed E-state index contributed by atoms with van der Waals surface area (Å²) < 4.78 is 0. The van der Waals surface area contributed by atoms with Gasteiger partial charge in [0.1, 0.15) is 6.20 Å². The average molecular weight is 257 g/mol. The Hall–Kier alpha value is -1.23. The van der Waals surface area contributed by atoms with E-state index in [0.29, 0.717) is 0 Å². The first-order valence-electron chi connectivity index (χ1n) is 4.07. The maximum absolute atomic E-state index is 10.3. The van der Waals surface area contributed by atoms with Gasteiger partial charge in [-0.2, -0.15) is 0 Å². The van der Waals surface area contributed by atoms with Crippen LogP contribution in [0, 0.1) is 10.1 Å². The summed E-state index contributed by atoms with van der Waals surface area (Å²) >= 11 is 3.30. The van der Waals surface area contributed by atoms with Crippen molar-refractivity contribution < 1.29 is 4.92 Å². The van der Waals surface area contributed by atoms with Gasteiger partial charge in [0.05, 0.1) is 0 Å². The van der Waals surface area contributed by atoms with Crippen molar-refractivity contribution in [2.45, 2.75) is 6.42 Å². The molecule has 1 rings (SSSR count). The van der Waals surface area contributed by atoms with Gasteiger partial charge in [-0.05, 0) is 22.4 Å². The van der Waals surface area contributed by atoms with Gasteiger partial charge in [-0.1, -0.05) is 28.1 Å². The summed E-state index contributed by atoms with van der Waals surface area (Å²) in [6.45, 7) is 0. The van der Waals surface area contributed by atoms with Crippen molar-refractivity contribution in [2.24, 2.45) is 0 Å². The second kappa shape index (κ2) is 5.49. The fourth-order valence-electron chi connectivity index (χ4n) is 0.886. The smallest absolute Gasteiger partial charge is 0.358 e. The van der Waals surface area contributed by atoms with Crippen LogP contribution in [0.25, 0.3) is 6.08 Å². The zero-order valence-corrected chi connectivity index (χ0v) is 8.98. The highest BCUT2D eigenvalue weighted by Crippen LogP contribution is 2.08. The van der Waals surface area contributed by atoms with Crippen molar-refractivity contribution in [1.29, 1.82) is 0 Å². The van der Waals surface area contributed by atoms with Gasteiger partial charge in [0.2, 0.25) is 0 Å². The number of aromatic nitrogens is 1. The Bertz CT molecular complexity index is 335. The van der Waals surface area contributed by atoms with E-state index < -0.39 is 4.92 Å². The summed E-state index contributed by atoms with van der Waals surface area (Å²) in [6.07, 6.45) is 6.29. The maximum atomic E-state index is 10.3. The number of hydrogen-bond donors (Lipinski definition) is 0. The molecule has 0 unspecified atom stereocenters. The topological polar surface area (TPSA) is 56.0 Å². The second-order valence-electron chi connectivity index (χ2n) is 2.59. The van der Waals surface area contributed by atoms with Crippen LogP contribution in [0.3, 0.4) is 0 Å². The molecule has 0 fully saturated rings. The van der Waals surface area contributed by atoms with Crippen molar-refractivity contribution in [1.82, 2.24) is 4.98 Å². The van der Waals surface area contributed by atoms with E-state index in [4.69, 9.17) is 0 Å². The molecule has 0 atom stereocenters. The van der Waals surface area contributed by atoms with Crippen LogP contribution in [0.1, 0.15) is 12.0 Å². The van der Waals surface area contributed by atoms with Crippen LogP contribution in [0.5, 0.6) is 0 Å². The lowest BCUT2D eigenvalue weighted by molar-refractivity contribution is -0.389. The Labute approximate surface area is 89.9 Å². The molecule has 0 N–H and O–H groups in total. The molecule has 5 heteroatoms. The molecule has 0 bridgehead atoms. The molecular formula is C9H9BrN2O2. The lowest BCUT2D eigenvalue weighted by atomic mass is 10.2. The molecule has 14 heavy (non-hydrogen) atoms. The zero-order chi connectivity index (χ0) is 10.4. The zero-order valence-electron chi connectivity index (χ0n) is 7.39. The summed E-state index contributed by atoms with van der Waals surface area (Å²) in [5.74, 6) is -0.123. The largest absolute Gasteiger partial charge is 0.363 e. The number of nitro groups is 1. The van der Waals surface area contributed by atoms with E-state index in [0.717, 1.165) is 17.3 Å². The highest BCUT2D eigenvalue weighted by molar-refractivity contribution is 9.09. The number of pyridine rings is 1. The van der Waals surface area contributed by atoms with Gasteiger partial charge in [-0.25, -0.2) is 0 Å². The molecule has 0 aliphatic rings. The van der Waals surface area contributed by atoms with Crippen molar-refractivity contribution in [3.8, 4) is 0 Å². The summed E-state index contributed by atoms with van der Waals surface area (Å²) in [5.41, 5.74) is 0.872. The van der Waals surface area contributed by atoms with Crippen molar-refractivity contribution in [3.63, 3.8) is 0 Å². The first-order chi connectivity index (χ1) is 6.74. The average Bonchev–Trinajstić information content (AvgIpc) is 2.19. The minimum absolute atomic E-state index is 0.123. The normalized spacial score (nSPS) is 10.6. The van der Waals surface area contributed by atoms with Gasteiger partial charge >= 0.3 is 5.82 Å². The van der Waals surface area contributed by atoms with Crippen LogP contribution in [-0.2, 0) is 0 Å². The third kappa shape index (κ3) is 3.26. The van der Waals surface area contributed by atoms with Crippen molar-refractivity contribution in [3.05, 3.63) is 40.1 Å².